The first kappa shape index (κ1) is 45.7. The lowest BCUT2D eigenvalue weighted by atomic mass is 9.92. The second-order valence-electron chi connectivity index (χ2n) is 18.0. The summed E-state index contributed by atoms with van der Waals surface area (Å²) >= 11 is 0. The normalized spacial score (nSPS) is 17.0. The van der Waals surface area contributed by atoms with Gasteiger partial charge < -0.3 is 24.0 Å². The van der Waals surface area contributed by atoms with Crippen molar-refractivity contribution in [1.29, 1.82) is 0 Å². The smallest absolute Gasteiger partial charge is 0.264 e. The van der Waals surface area contributed by atoms with E-state index in [0.717, 1.165) is 95.9 Å². The van der Waals surface area contributed by atoms with E-state index in [9.17, 15) is 19.2 Å². The van der Waals surface area contributed by atoms with Crippen LogP contribution in [-0.4, -0.2) is 76.4 Å². The molecule has 1 N–H and O–H groups in total. The number of imide groups is 1. The highest BCUT2D eigenvalue weighted by Crippen LogP contribution is 2.46. The summed E-state index contributed by atoms with van der Waals surface area (Å²) in [5.74, 6) is 0.379. The molecule has 0 bridgehead atoms. The summed E-state index contributed by atoms with van der Waals surface area (Å²) in [5, 5.41) is 9.64. The minimum absolute atomic E-state index is 0.0552. The van der Waals surface area contributed by atoms with Gasteiger partial charge in [-0.15, -0.1) is 0 Å². The van der Waals surface area contributed by atoms with Gasteiger partial charge in [-0.25, -0.2) is 13.8 Å². The number of hydrogen-bond donors (Lipinski definition) is 1. The number of amides is 3. The predicted molar refractivity (Wildman–Crippen MR) is 258 cm³/mol. The Hall–Kier alpha value is -6.48. The van der Waals surface area contributed by atoms with Gasteiger partial charge in [-0.3, -0.25) is 29.2 Å². The van der Waals surface area contributed by atoms with Crippen molar-refractivity contribution in [2.45, 2.75) is 103 Å². The number of fused-ring (bicyclic) bond motifs is 2. The van der Waals surface area contributed by atoms with E-state index in [-0.39, 0.29) is 47.4 Å². The topological polar surface area (TPSA) is 135 Å². The lowest BCUT2D eigenvalue weighted by molar-refractivity contribution is -0.125. The second-order valence-corrected chi connectivity index (χ2v) is 18.0. The second kappa shape index (κ2) is 19.0. The van der Waals surface area contributed by atoms with E-state index in [1.807, 2.05) is 74.1 Å². The van der Waals surface area contributed by atoms with Gasteiger partial charge in [-0.05, 0) is 112 Å². The van der Waals surface area contributed by atoms with Crippen molar-refractivity contribution in [1.82, 2.24) is 24.6 Å². The van der Waals surface area contributed by atoms with E-state index in [4.69, 9.17) is 14.8 Å². The Balaban J connectivity index is 0.00000278. The van der Waals surface area contributed by atoms with E-state index >= 15 is 8.78 Å². The maximum absolute atomic E-state index is 15.3. The zero-order valence-corrected chi connectivity index (χ0v) is 38.9. The van der Waals surface area contributed by atoms with Gasteiger partial charge in [-0.2, -0.15) is 5.10 Å². The molecule has 1 atom stereocenters. The average Bonchev–Trinajstić information content (AvgIpc) is 3.96. The van der Waals surface area contributed by atoms with Gasteiger partial charge in [0.1, 0.15) is 5.82 Å². The van der Waals surface area contributed by atoms with E-state index < -0.39 is 6.43 Å². The summed E-state index contributed by atoms with van der Waals surface area (Å²) in [6.07, 6.45) is 6.56. The first-order chi connectivity index (χ1) is 32.5. The number of nitrogens with one attached hydrogen (secondary N) is 1. The number of pyridine rings is 2. The van der Waals surface area contributed by atoms with Crippen molar-refractivity contribution in [2.75, 3.05) is 47.5 Å². The number of benzene rings is 3. The highest BCUT2D eigenvalue weighted by atomic mass is 19.3. The maximum Gasteiger partial charge on any atom is 0.264 e. The number of ether oxygens (including phenoxy) is 1. The Morgan fingerprint density at radius 2 is 1.70 bits per heavy atom. The van der Waals surface area contributed by atoms with E-state index in [2.05, 4.69) is 21.2 Å². The number of carbonyl (C=O) groups excluding carboxylic acids is 3. The van der Waals surface area contributed by atoms with Gasteiger partial charge in [0.2, 0.25) is 12.3 Å². The molecule has 3 aromatic carbocycles. The highest BCUT2D eigenvalue weighted by Gasteiger charge is 2.35. The average molecular weight is 913 g/mol. The molecule has 350 valence electrons. The third-order valence-corrected chi connectivity index (χ3v) is 14.1. The monoisotopic (exact) mass is 912 g/mol. The molecule has 7 heterocycles. The molecular weight excluding hydrogens is 855 g/mol. The number of anilines is 4. The van der Waals surface area contributed by atoms with Crippen LogP contribution in [0, 0.1) is 6.92 Å². The number of halogens is 2. The Morgan fingerprint density at radius 3 is 2.45 bits per heavy atom. The first-order valence-corrected chi connectivity index (χ1v) is 23.7. The Labute approximate surface area is 388 Å². The number of carbonyl (C=O) groups is 3. The fraction of sp³-hybridized carbons (Fsp3) is 0.423. The lowest BCUT2D eigenvalue weighted by Crippen LogP contribution is -2.37. The molecule has 3 aromatic heterocycles. The van der Waals surface area contributed by atoms with E-state index in [0.29, 0.717) is 66.3 Å². The van der Waals surface area contributed by atoms with Crippen LogP contribution in [-0.2, 0) is 27.8 Å². The molecule has 2 saturated heterocycles. The molecule has 0 aliphatic carbocycles. The molecule has 15 heteroatoms. The summed E-state index contributed by atoms with van der Waals surface area (Å²) < 4.78 is 39.8. The molecule has 10 rings (SSSR count). The Kier molecular flexibility index (Phi) is 13.0. The van der Waals surface area contributed by atoms with Crippen molar-refractivity contribution >= 4 is 62.8 Å². The molecule has 0 spiro atoms. The number of nitrogens with zero attached hydrogens (tertiary/aromatic N) is 7. The number of piperidine rings is 1. The third kappa shape index (κ3) is 8.36. The van der Waals surface area contributed by atoms with Crippen molar-refractivity contribution in [3.63, 3.8) is 0 Å². The quantitative estimate of drug-likeness (QED) is 0.126. The van der Waals surface area contributed by atoms with E-state index in [1.54, 1.807) is 35.7 Å². The highest BCUT2D eigenvalue weighted by molar-refractivity contribution is 6.27. The largest absolute Gasteiger partial charge is 0.381 e. The van der Waals surface area contributed by atoms with Crippen molar-refractivity contribution in [2.24, 2.45) is 7.05 Å². The van der Waals surface area contributed by atoms with Gasteiger partial charge in [-0.1, -0.05) is 26.0 Å². The molecule has 0 radical (unpaired) electrons. The standard InChI is InChI=1S/C50H52F2N8O5.C2H6/c1-29-22-39-44(56(3)49(29)63)25-40(31-15-20-65-21-16-31)55-48(39)58-17-5-6-32-23-37(38(47(51)52)24-43(32)58)33-26-54-59(27-33)34-13-18-57(19-14-34)41-10-11-42-46-35(41)7-4-8-36(46)50(64)60(42)30(2)9-12-45(62)53-28-61;1-2/h4,7-8,10-11,22-28,30-31,34,47H,5-6,9,12-21H2,1-3H3,(H,53,61,62);1-2H3. The van der Waals surface area contributed by atoms with Crippen LogP contribution < -0.4 is 25.6 Å². The number of alkyl halides is 2. The molecule has 6 aromatic rings. The SMILES string of the molecule is CC.Cc1cc2c(N3CCCc4cc(-c5cnn(C6CCN(c7ccc8c9c(cccc79)C(=O)N8C(C)CCC(=O)NC=O)CC6)c5)c(C(F)F)cc43)nc(C3CCOCC3)cc2n(C)c1=O. The Morgan fingerprint density at radius 1 is 0.940 bits per heavy atom. The molecule has 67 heavy (non-hydrogen) atoms. The summed E-state index contributed by atoms with van der Waals surface area (Å²) in [6, 6.07) is 17.2. The summed E-state index contributed by atoms with van der Waals surface area (Å²) in [6.45, 7) is 11.1. The number of aromatic nitrogens is 4. The molecule has 0 saturated carbocycles. The fourth-order valence-electron chi connectivity index (χ4n) is 10.7. The lowest BCUT2D eigenvalue weighted by Gasteiger charge is -2.34. The van der Waals surface area contributed by atoms with Gasteiger partial charge >= 0.3 is 0 Å². The molecular formula is C52H58F2N8O5. The van der Waals surface area contributed by atoms with Gasteiger partial charge in [0.25, 0.3) is 17.9 Å². The van der Waals surface area contributed by atoms with Gasteiger partial charge in [0.15, 0.2) is 0 Å². The van der Waals surface area contributed by atoms with Crippen LogP contribution in [0.25, 0.3) is 32.8 Å². The molecule has 2 fully saturated rings. The fourth-order valence-corrected chi connectivity index (χ4v) is 10.7. The van der Waals surface area contributed by atoms with Crippen LogP contribution in [0.5, 0.6) is 0 Å². The number of aryl methyl sites for hydroxylation is 3. The van der Waals surface area contributed by atoms with Crippen LogP contribution in [0.1, 0.15) is 117 Å². The summed E-state index contributed by atoms with van der Waals surface area (Å²) in [4.78, 5) is 61.0. The van der Waals surface area contributed by atoms with Crippen LogP contribution in [0.15, 0.2) is 71.8 Å². The van der Waals surface area contributed by atoms with Crippen LogP contribution in [0.2, 0.25) is 0 Å². The summed E-state index contributed by atoms with van der Waals surface area (Å²) in [7, 11) is 1.78. The van der Waals surface area contributed by atoms with Crippen molar-refractivity contribution in [3.05, 3.63) is 105 Å². The van der Waals surface area contributed by atoms with Crippen LogP contribution >= 0.6 is 0 Å². The minimum Gasteiger partial charge on any atom is -0.381 e. The van der Waals surface area contributed by atoms with Crippen molar-refractivity contribution in [3.8, 4) is 11.1 Å². The predicted octanol–water partition coefficient (Wildman–Crippen LogP) is 9.44. The first-order valence-electron chi connectivity index (χ1n) is 23.7. The van der Waals surface area contributed by atoms with Gasteiger partial charge in [0.05, 0.1) is 23.4 Å². The van der Waals surface area contributed by atoms with E-state index in [1.165, 1.54) is 0 Å². The minimum atomic E-state index is -2.73. The van der Waals surface area contributed by atoms with Crippen molar-refractivity contribution < 1.29 is 27.9 Å². The Bertz CT molecular complexity index is 2930. The van der Waals surface area contributed by atoms with Gasteiger partial charge in [0, 0.05) is 120 Å². The van der Waals surface area contributed by atoms with Crippen LogP contribution in [0.4, 0.5) is 31.7 Å². The zero-order chi connectivity index (χ0) is 47.1. The number of rotatable bonds is 11. The molecule has 13 nitrogen and oxygen atoms in total. The zero-order valence-electron chi connectivity index (χ0n) is 38.9. The summed E-state index contributed by atoms with van der Waals surface area (Å²) in [5.41, 5.74) is 7.45. The maximum atomic E-state index is 15.3. The number of hydrogen-bond acceptors (Lipinski definition) is 9. The molecule has 1 unspecified atom stereocenters. The molecule has 3 amide bonds. The third-order valence-electron chi connectivity index (χ3n) is 14.1. The molecule has 4 aliphatic rings. The van der Waals surface area contributed by atoms with Crippen LogP contribution in [0.3, 0.4) is 0 Å². The molecule has 4 aliphatic heterocycles.